The lowest BCUT2D eigenvalue weighted by atomic mass is 9.95. The quantitative estimate of drug-likeness (QED) is 0.729. The molecule has 0 bridgehead atoms. The van der Waals surface area contributed by atoms with Gasteiger partial charge in [0.2, 0.25) is 5.91 Å². The summed E-state index contributed by atoms with van der Waals surface area (Å²) in [5.74, 6) is 1.50. The molecule has 1 N–H and O–H groups in total. The van der Waals surface area contributed by atoms with Crippen molar-refractivity contribution in [2.75, 3.05) is 29.1 Å². The molecule has 1 aliphatic rings. The second kappa shape index (κ2) is 9.95. The molecular weight excluding hydrogens is 382 g/mol. The van der Waals surface area contributed by atoms with Gasteiger partial charge in [-0.2, -0.15) is 10.5 Å². The van der Waals surface area contributed by atoms with Gasteiger partial charge >= 0.3 is 0 Å². The van der Waals surface area contributed by atoms with Gasteiger partial charge in [-0.05, 0) is 44.0 Å². The summed E-state index contributed by atoms with van der Waals surface area (Å²) in [4.78, 5) is 20.3. The molecule has 1 amide bonds. The molecule has 1 atom stereocenters. The van der Waals surface area contributed by atoms with Crippen molar-refractivity contribution in [3.63, 3.8) is 0 Å². The van der Waals surface area contributed by atoms with Crippen LogP contribution >= 0.6 is 11.8 Å². The number of anilines is 2. The Hall–Kier alpha value is -3.03. The van der Waals surface area contributed by atoms with Crippen molar-refractivity contribution >= 4 is 29.2 Å². The Balaban J connectivity index is 1.56. The largest absolute Gasteiger partial charge is 0.357 e. The minimum atomic E-state index is -0.0410. The van der Waals surface area contributed by atoms with Crippen LogP contribution in [0.1, 0.15) is 25.3 Å². The van der Waals surface area contributed by atoms with E-state index in [9.17, 15) is 4.79 Å². The third-order valence-electron chi connectivity index (χ3n) is 4.92. The second-order valence-corrected chi connectivity index (χ2v) is 8.17. The number of thioether (sulfide) groups is 1. The first kappa shape index (κ1) is 20.7. The number of rotatable bonds is 6. The fourth-order valence-electron chi connectivity index (χ4n) is 3.19. The number of pyridine rings is 1. The van der Waals surface area contributed by atoms with E-state index >= 15 is 0 Å². The van der Waals surface area contributed by atoms with Crippen LogP contribution < -0.4 is 10.2 Å². The highest BCUT2D eigenvalue weighted by atomic mass is 32.2. The van der Waals surface area contributed by atoms with E-state index in [1.807, 2.05) is 37.3 Å². The Morgan fingerprint density at radius 3 is 2.69 bits per heavy atom. The van der Waals surface area contributed by atoms with Crippen LogP contribution in [0.5, 0.6) is 0 Å². The summed E-state index contributed by atoms with van der Waals surface area (Å²) >= 11 is 1.59. The standard InChI is InChI=1S/C22H23N5OS/c1-16(12-23)15-29-20-5-3-2-4-19(20)26-22(28)18-8-10-27(11-9-18)21-7-6-17(13-24)14-25-21/h2-7,14,16,18H,8-11,15H2,1H3,(H,26,28)/t16-/m0/s1. The zero-order chi connectivity index (χ0) is 20.6. The van der Waals surface area contributed by atoms with E-state index in [2.05, 4.69) is 27.3 Å². The SMILES string of the molecule is C[C@@H](C#N)CSc1ccccc1NC(=O)C1CCN(c2ccc(C#N)cn2)CC1. The highest BCUT2D eigenvalue weighted by molar-refractivity contribution is 7.99. The summed E-state index contributed by atoms with van der Waals surface area (Å²) in [6.07, 6.45) is 3.10. The van der Waals surface area contributed by atoms with Gasteiger partial charge in [0.15, 0.2) is 0 Å². The molecule has 2 heterocycles. The molecule has 7 heteroatoms. The second-order valence-electron chi connectivity index (χ2n) is 7.10. The Morgan fingerprint density at radius 1 is 1.28 bits per heavy atom. The van der Waals surface area contributed by atoms with Crippen LogP contribution in [0.2, 0.25) is 0 Å². The number of hydrogen-bond acceptors (Lipinski definition) is 6. The predicted molar refractivity (Wildman–Crippen MR) is 114 cm³/mol. The number of nitrogens with zero attached hydrogens (tertiary/aromatic N) is 4. The molecule has 0 radical (unpaired) electrons. The highest BCUT2D eigenvalue weighted by Gasteiger charge is 2.26. The van der Waals surface area contributed by atoms with Gasteiger partial charge in [-0.1, -0.05) is 12.1 Å². The number of amides is 1. The molecule has 0 aliphatic carbocycles. The normalized spacial score (nSPS) is 15.2. The molecule has 1 aromatic carbocycles. The summed E-state index contributed by atoms with van der Waals surface area (Å²) in [7, 11) is 0. The lowest BCUT2D eigenvalue weighted by Crippen LogP contribution is -2.38. The predicted octanol–water partition coefficient (Wildman–Crippen LogP) is 4.06. The number of piperidine rings is 1. The molecule has 0 spiro atoms. The number of hydrogen-bond donors (Lipinski definition) is 1. The van der Waals surface area contributed by atoms with E-state index in [0.717, 1.165) is 42.3 Å². The van der Waals surface area contributed by atoms with Crippen molar-refractivity contribution in [1.29, 1.82) is 10.5 Å². The van der Waals surface area contributed by atoms with Crippen molar-refractivity contribution in [2.45, 2.75) is 24.7 Å². The molecule has 0 unspecified atom stereocenters. The number of nitriles is 2. The van der Waals surface area contributed by atoms with Crippen LogP contribution in [0.4, 0.5) is 11.5 Å². The maximum Gasteiger partial charge on any atom is 0.227 e. The van der Waals surface area contributed by atoms with Gasteiger partial charge in [-0.15, -0.1) is 11.8 Å². The molecule has 2 aromatic rings. The van der Waals surface area contributed by atoms with Crippen LogP contribution in [0.3, 0.4) is 0 Å². The van der Waals surface area contributed by atoms with Gasteiger partial charge in [0, 0.05) is 35.9 Å². The van der Waals surface area contributed by atoms with Gasteiger partial charge in [0.1, 0.15) is 11.9 Å². The fraction of sp³-hybridized carbons (Fsp3) is 0.364. The van der Waals surface area contributed by atoms with Gasteiger partial charge < -0.3 is 10.2 Å². The van der Waals surface area contributed by atoms with E-state index < -0.39 is 0 Å². The highest BCUT2D eigenvalue weighted by Crippen LogP contribution is 2.30. The van der Waals surface area contributed by atoms with Crippen molar-refractivity contribution in [1.82, 2.24) is 4.98 Å². The average molecular weight is 406 g/mol. The molecule has 148 valence electrons. The maximum atomic E-state index is 12.8. The Bertz CT molecular complexity index is 923. The molecule has 1 saturated heterocycles. The van der Waals surface area contributed by atoms with Gasteiger partial charge in [0.25, 0.3) is 0 Å². The van der Waals surface area contributed by atoms with E-state index in [1.54, 1.807) is 24.0 Å². The van der Waals surface area contributed by atoms with Crippen molar-refractivity contribution in [2.24, 2.45) is 11.8 Å². The summed E-state index contributed by atoms with van der Waals surface area (Å²) < 4.78 is 0. The number of para-hydroxylation sites is 1. The van der Waals surface area contributed by atoms with Gasteiger partial charge in [0.05, 0.1) is 23.2 Å². The van der Waals surface area contributed by atoms with Crippen LogP contribution in [0.15, 0.2) is 47.5 Å². The third-order valence-corrected chi connectivity index (χ3v) is 6.25. The van der Waals surface area contributed by atoms with Crippen LogP contribution in [0.25, 0.3) is 0 Å². The number of carbonyl (C=O) groups excluding carboxylic acids is 1. The van der Waals surface area contributed by atoms with Crippen LogP contribution in [0, 0.1) is 34.5 Å². The lowest BCUT2D eigenvalue weighted by Gasteiger charge is -2.32. The minimum absolute atomic E-state index is 0.0380. The lowest BCUT2D eigenvalue weighted by molar-refractivity contribution is -0.120. The zero-order valence-corrected chi connectivity index (χ0v) is 17.2. The fourth-order valence-corrected chi connectivity index (χ4v) is 4.15. The van der Waals surface area contributed by atoms with E-state index in [4.69, 9.17) is 10.5 Å². The van der Waals surface area contributed by atoms with Crippen molar-refractivity contribution in [3.05, 3.63) is 48.2 Å². The molecule has 29 heavy (non-hydrogen) atoms. The van der Waals surface area contributed by atoms with Crippen LogP contribution in [-0.4, -0.2) is 29.7 Å². The Morgan fingerprint density at radius 2 is 2.03 bits per heavy atom. The van der Waals surface area contributed by atoms with Gasteiger partial charge in [-0.25, -0.2) is 4.98 Å². The maximum absolute atomic E-state index is 12.8. The summed E-state index contributed by atoms with van der Waals surface area (Å²) in [6.45, 7) is 3.41. The first-order chi connectivity index (χ1) is 14.1. The molecule has 1 fully saturated rings. The van der Waals surface area contributed by atoms with E-state index in [0.29, 0.717) is 11.3 Å². The topological polar surface area (TPSA) is 92.8 Å². The summed E-state index contributed by atoms with van der Waals surface area (Å²) in [5.41, 5.74) is 1.35. The van der Waals surface area contributed by atoms with Gasteiger partial charge in [-0.3, -0.25) is 4.79 Å². The zero-order valence-electron chi connectivity index (χ0n) is 16.3. The molecule has 3 rings (SSSR count). The third kappa shape index (κ3) is 5.49. The number of carbonyl (C=O) groups is 1. The van der Waals surface area contributed by atoms with Crippen LogP contribution in [-0.2, 0) is 4.79 Å². The molecule has 1 aliphatic heterocycles. The minimum Gasteiger partial charge on any atom is -0.357 e. The Kier molecular flexibility index (Phi) is 7.10. The first-order valence-corrected chi connectivity index (χ1v) is 10.6. The van der Waals surface area contributed by atoms with Crippen molar-refractivity contribution in [3.8, 4) is 12.1 Å². The molecule has 1 aromatic heterocycles. The number of benzene rings is 1. The van der Waals surface area contributed by atoms with E-state index in [1.165, 1.54) is 0 Å². The van der Waals surface area contributed by atoms with E-state index in [-0.39, 0.29) is 17.7 Å². The average Bonchev–Trinajstić information content (AvgIpc) is 2.78. The number of aromatic nitrogens is 1. The summed E-state index contributed by atoms with van der Waals surface area (Å²) in [5, 5.41) is 20.9. The monoisotopic (exact) mass is 405 g/mol. The molecule has 0 saturated carbocycles. The Labute approximate surface area is 175 Å². The van der Waals surface area contributed by atoms with Crippen molar-refractivity contribution < 1.29 is 4.79 Å². The first-order valence-electron chi connectivity index (χ1n) is 9.64. The number of nitrogens with one attached hydrogen (secondary N) is 1. The smallest absolute Gasteiger partial charge is 0.227 e. The summed E-state index contributed by atoms with van der Waals surface area (Å²) in [6, 6.07) is 15.7. The molecule has 6 nitrogen and oxygen atoms in total. The molecular formula is C22H23N5OS.